The van der Waals surface area contributed by atoms with E-state index in [1.54, 1.807) is 6.08 Å². The Morgan fingerprint density at radius 3 is 2.91 bits per heavy atom. The number of nitrogens with two attached hydrogens (primary N) is 2. The summed E-state index contributed by atoms with van der Waals surface area (Å²) in [7, 11) is 0. The first-order chi connectivity index (χ1) is 5.16. The van der Waals surface area contributed by atoms with Crippen LogP contribution in [0, 0.1) is 12.3 Å². The van der Waals surface area contributed by atoms with Gasteiger partial charge in [0.25, 0.3) is 0 Å². The van der Waals surface area contributed by atoms with Crippen LogP contribution in [0.3, 0.4) is 0 Å². The number of allylic oxidation sites excluding steroid dienone is 1. The van der Waals surface area contributed by atoms with E-state index in [2.05, 4.69) is 5.92 Å². The summed E-state index contributed by atoms with van der Waals surface area (Å²) in [4.78, 5) is 0. The molecule has 0 aromatic heterocycles. The number of terminal acetylenes is 1. The Kier molecular flexibility index (Phi) is 2.02. The number of rotatable bonds is 1. The minimum Gasteiger partial charge on any atom is -0.399 e. The van der Waals surface area contributed by atoms with Gasteiger partial charge in [-0.25, -0.2) is 0 Å². The van der Waals surface area contributed by atoms with Crippen LogP contribution in [0.1, 0.15) is 12.8 Å². The van der Waals surface area contributed by atoms with Gasteiger partial charge >= 0.3 is 0 Å². The molecule has 0 saturated heterocycles. The number of hydrogen-bond acceptors (Lipinski definition) is 2. The molecule has 2 nitrogen and oxygen atoms in total. The first-order valence-corrected chi connectivity index (χ1v) is 3.53. The third kappa shape index (κ3) is 1.86. The van der Waals surface area contributed by atoms with E-state index >= 15 is 0 Å². The fraction of sp³-hybridized carbons (Fsp3) is 0.333. The van der Waals surface area contributed by atoms with Crippen LogP contribution in [-0.2, 0) is 0 Å². The summed E-state index contributed by atoms with van der Waals surface area (Å²) < 4.78 is 0. The van der Waals surface area contributed by atoms with Gasteiger partial charge in [0.15, 0.2) is 0 Å². The van der Waals surface area contributed by atoms with E-state index in [9.17, 15) is 0 Å². The SMILES string of the molecule is C#CCC1(N)C=CC(N)=CC1. The average molecular weight is 148 g/mol. The molecule has 0 saturated carbocycles. The lowest BCUT2D eigenvalue weighted by Crippen LogP contribution is -2.38. The topological polar surface area (TPSA) is 52.0 Å². The summed E-state index contributed by atoms with van der Waals surface area (Å²) in [5.74, 6) is 2.55. The van der Waals surface area contributed by atoms with Crippen LogP contribution in [0.25, 0.3) is 0 Å². The monoisotopic (exact) mass is 148 g/mol. The molecule has 4 N–H and O–H groups in total. The Balaban J connectivity index is 2.68. The normalized spacial score (nSPS) is 29.3. The smallest absolute Gasteiger partial charge is 0.0489 e. The van der Waals surface area contributed by atoms with Crippen LogP contribution in [0.4, 0.5) is 0 Å². The summed E-state index contributed by atoms with van der Waals surface area (Å²) >= 11 is 0. The second kappa shape index (κ2) is 2.81. The molecular weight excluding hydrogens is 136 g/mol. The van der Waals surface area contributed by atoms with Crippen LogP contribution < -0.4 is 11.5 Å². The minimum atomic E-state index is -0.363. The average Bonchev–Trinajstić information content (AvgIpc) is 1.97. The second-order valence-corrected chi connectivity index (χ2v) is 2.86. The lowest BCUT2D eigenvalue weighted by Gasteiger charge is -2.24. The molecule has 0 bridgehead atoms. The Bertz CT molecular complexity index is 245. The van der Waals surface area contributed by atoms with Crippen LogP contribution in [0.2, 0.25) is 0 Å². The zero-order chi connectivity index (χ0) is 8.32. The number of hydrogen-bond donors (Lipinski definition) is 2. The molecule has 1 unspecified atom stereocenters. The fourth-order valence-corrected chi connectivity index (χ4v) is 1.03. The Morgan fingerprint density at radius 2 is 2.45 bits per heavy atom. The van der Waals surface area contributed by atoms with Gasteiger partial charge in [-0.15, -0.1) is 12.3 Å². The van der Waals surface area contributed by atoms with Crippen molar-refractivity contribution in [2.45, 2.75) is 18.4 Å². The highest BCUT2D eigenvalue weighted by atomic mass is 14.7. The lowest BCUT2D eigenvalue weighted by molar-refractivity contribution is 0.544. The lowest BCUT2D eigenvalue weighted by atomic mass is 9.89. The Labute approximate surface area is 67.0 Å². The molecule has 11 heavy (non-hydrogen) atoms. The van der Waals surface area contributed by atoms with Gasteiger partial charge in [0, 0.05) is 17.7 Å². The molecule has 2 heteroatoms. The van der Waals surface area contributed by atoms with Crippen molar-refractivity contribution in [3.63, 3.8) is 0 Å². The van der Waals surface area contributed by atoms with Crippen LogP contribution in [-0.4, -0.2) is 5.54 Å². The molecule has 0 amide bonds. The maximum atomic E-state index is 5.90. The molecule has 0 heterocycles. The molecule has 0 radical (unpaired) electrons. The van der Waals surface area contributed by atoms with Crippen molar-refractivity contribution in [1.29, 1.82) is 0 Å². The summed E-state index contributed by atoms with van der Waals surface area (Å²) in [6.45, 7) is 0. The quantitative estimate of drug-likeness (QED) is 0.532. The maximum Gasteiger partial charge on any atom is 0.0489 e. The van der Waals surface area contributed by atoms with Gasteiger partial charge in [0.2, 0.25) is 0 Å². The van der Waals surface area contributed by atoms with Crippen LogP contribution in [0.5, 0.6) is 0 Å². The van der Waals surface area contributed by atoms with Gasteiger partial charge < -0.3 is 11.5 Å². The summed E-state index contributed by atoms with van der Waals surface area (Å²) in [5.41, 5.74) is 11.8. The predicted octanol–water partition coefficient (Wildman–Crippen LogP) is 0.510. The first kappa shape index (κ1) is 7.90. The predicted molar refractivity (Wildman–Crippen MR) is 46.4 cm³/mol. The van der Waals surface area contributed by atoms with E-state index in [0.29, 0.717) is 6.42 Å². The zero-order valence-corrected chi connectivity index (χ0v) is 6.38. The van der Waals surface area contributed by atoms with Crippen molar-refractivity contribution < 1.29 is 0 Å². The third-order valence-electron chi connectivity index (χ3n) is 1.76. The molecular formula is C9H12N2. The molecule has 1 aliphatic carbocycles. The van der Waals surface area contributed by atoms with Crippen LogP contribution in [0.15, 0.2) is 23.9 Å². The molecule has 0 aromatic rings. The maximum absolute atomic E-state index is 5.90. The summed E-state index contributed by atoms with van der Waals surface area (Å²) in [5, 5.41) is 0. The molecule has 0 aliphatic heterocycles. The van der Waals surface area contributed by atoms with Crippen molar-refractivity contribution in [3.8, 4) is 12.3 Å². The van der Waals surface area contributed by atoms with Crippen molar-refractivity contribution in [3.05, 3.63) is 23.9 Å². The van der Waals surface area contributed by atoms with E-state index < -0.39 is 0 Å². The van der Waals surface area contributed by atoms with Gasteiger partial charge in [-0.05, 0) is 12.5 Å². The highest BCUT2D eigenvalue weighted by Crippen LogP contribution is 2.19. The van der Waals surface area contributed by atoms with Gasteiger partial charge in [0.1, 0.15) is 0 Å². The second-order valence-electron chi connectivity index (χ2n) is 2.86. The molecule has 0 spiro atoms. The third-order valence-corrected chi connectivity index (χ3v) is 1.76. The van der Waals surface area contributed by atoms with Crippen molar-refractivity contribution in [1.82, 2.24) is 0 Å². The standard InChI is InChI=1S/C9H12N2/c1-2-5-9(11)6-3-8(10)4-7-9/h1,3-4,6H,5,7,10-11H2. The Hall–Kier alpha value is -1.20. The van der Waals surface area contributed by atoms with Gasteiger partial charge in [-0.2, -0.15) is 0 Å². The van der Waals surface area contributed by atoms with E-state index in [1.165, 1.54) is 0 Å². The Morgan fingerprint density at radius 1 is 1.73 bits per heavy atom. The minimum absolute atomic E-state index is 0.363. The van der Waals surface area contributed by atoms with E-state index in [-0.39, 0.29) is 5.54 Å². The van der Waals surface area contributed by atoms with Gasteiger partial charge in [0.05, 0.1) is 0 Å². The highest BCUT2D eigenvalue weighted by molar-refractivity contribution is 5.28. The molecule has 0 fully saturated rings. The van der Waals surface area contributed by atoms with E-state index in [4.69, 9.17) is 17.9 Å². The van der Waals surface area contributed by atoms with Gasteiger partial charge in [-0.3, -0.25) is 0 Å². The molecule has 58 valence electrons. The first-order valence-electron chi connectivity index (χ1n) is 3.53. The zero-order valence-electron chi connectivity index (χ0n) is 6.38. The molecule has 1 rings (SSSR count). The van der Waals surface area contributed by atoms with Crippen molar-refractivity contribution in [2.24, 2.45) is 11.5 Å². The van der Waals surface area contributed by atoms with Crippen LogP contribution >= 0.6 is 0 Å². The molecule has 1 atom stereocenters. The summed E-state index contributed by atoms with van der Waals surface area (Å²) in [6, 6.07) is 0. The molecule has 0 aromatic carbocycles. The van der Waals surface area contributed by atoms with Crippen molar-refractivity contribution >= 4 is 0 Å². The summed E-state index contributed by atoms with van der Waals surface area (Å²) in [6.07, 6.45) is 12.0. The van der Waals surface area contributed by atoms with E-state index in [0.717, 1.165) is 12.1 Å². The fourth-order valence-electron chi connectivity index (χ4n) is 1.03. The van der Waals surface area contributed by atoms with E-state index in [1.807, 2.05) is 12.2 Å². The highest BCUT2D eigenvalue weighted by Gasteiger charge is 2.20. The van der Waals surface area contributed by atoms with Gasteiger partial charge in [-0.1, -0.05) is 12.2 Å². The largest absolute Gasteiger partial charge is 0.399 e. The molecule has 1 aliphatic rings. The van der Waals surface area contributed by atoms with Crippen molar-refractivity contribution in [2.75, 3.05) is 0 Å².